The Morgan fingerprint density at radius 3 is 2.20 bits per heavy atom. The number of aliphatic hydroxyl groups is 1. The number of carbonyl (C=O) groups excluding carboxylic acids is 1. The lowest BCUT2D eigenvalue weighted by Crippen LogP contribution is -2.41. The molecule has 0 unspecified atom stereocenters. The second kappa shape index (κ2) is 6.51. The molecule has 1 N–H and O–H groups in total. The van der Waals surface area contributed by atoms with Gasteiger partial charge in [-0.2, -0.15) is 0 Å². The summed E-state index contributed by atoms with van der Waals surface area (Å²) in [7, 11) is 0. The average molecular weight is 277 g/mol. The smallest absolute Gasteiger partial charge is 0.177 e. The predicted molar refractivity (Wildman–Crippen MR) is 83.4 cm³/mol. The van der Waals surface area contributed by atoms with E-state index in [1.54, 1.807) is 13.8 Å². The molecule has 0 aromatic heterocycles. The van der Waals surface area contributed by atoms with E-state index in [0.717, 1.165) is 23.2 Å². The molecule has 0 fully saturated rings. The molecular formula is C17H27NO2. The molecule has 1 rings (SSSR count). The first-order chi connectivity index (χ1) is 9.14. The zero-order valence-corrected chi connectivity index (χ0v) is 13.6. The van der Waals surface area contributed by atoms with Crippen LogP contribution in [0.25, 0.3) is 0 Å². The Kier molecular flexibility index (Phi) is 5.49. The van der Waals surface area contributed by atoms with Gasteiger partial charge in [0.2, 0.25) is 0 Å². The minimum Gasteiger partial charge on any atom is -0.389 e. The van der Waals surface area contributed by atoms with Gasteiger partial charge in [0.15, 0.2) is 5.78 Å². The van der Waals surface area contributed by atoms with E-state index in [0.29, 0.717) is 13.1 Å². The zero-order chi connectivity index (χ0) is 15.5. The molecule has 1 aromatic rings. The molecule has 0 bridgehead atoms. The summed E-state index contributed by atoms with van der Waals surface area (Å²) >= 11 is 0. The molecule has 3 nitrogen and oxygen atoms in total. The van der Waals surface area contributed by atoms with E-state index in [9.17, 15) is 9.90 Å². The molecular weight excluding hydrogens is 250 g/mol. The first kappa shape index (κ1) is 16.9. The lowest BCUT2D eigenvalue weighted by Gasteiger charge is -2.27. The first-order valence-corrected chi connectivity index (χ1v) is 7.20. The lowest BCUT2D eigenvalue weighted by atomic mass is 9.97. The van der Waals surface area contributed by atoms with Gasteiger partial charge in [0.25, 0.3) is 0 Å². The number of hydrogen-bond donors (Lipinski definition) is 1. The highest BCUT2D eigenvalue weighted by atomic mass is 16.3. The quantitative estimate of drug-likeness (QED) is 0.813. The number of benzene rings is 1. The van der Waals surface area contributed by atoms with E-state index in [4.69, 9.17) is 0 Å². The molecule has 0 amide bonds. The van der Waals surface area contributed by atoms with Gasteiger partial charge in [-0.3, -0.25) is 9.69 Å². The normalized spacial score (nSPS) is 12.0. The van der Waals surface area contributed by atoms with Crippen LogP contribution in [-0.4, -0.2) is 41.0 Å². The van der Waals surface area contributed by atoms with Gasteiger partial charge in [-0.1, -0.05) is 13.0 Å². The number of Topliss-reactive ketones (excluding diaryl/α,β-unsaturated/α-hetero) is 1. The van der Waals surface area contributed by atoms with Gasteiger partial charge in [0, 0.05) is 12.1 Å². The molecule has 0 heterocycles. The van der Waals surface area contributed by atoms with Crippen molar-refractivity contribution in [1.82, 2.24) is 4.90 Å². The highest BCUT2D eigenvalue weighted by Gasteiger charge is 2.20. The summed E-state index contributed by atoms with van der Waals surface area (Å²) < 4.78 is 0. The van der Waals surface area contributed by atoms with Gasteiger partial charge >= 0.3 is 0 Å². The van der Waals surface area contributed by atoms with Crippen molar-refractivity contribution in [3.8, 4) is 0 Å². The highest BCUT2D eigenvalue weighted by molar-refractivity contribution is 5.99. The monoisotopic (exact) mass is 277 g/mol. The van der Waals surface area contributed by atoms with Gasteiger partial charge in [-0.15, -0.1) is 0 Å². The minimum absolute atomic E-state index is 0.122. The molecule has 0 aliphatic rings. The standard InChI is InChI=1S/C17H27NO2/c1-7-18(11-17(5,6)20)10-16(19)15-9-13(3)12(2)8-14(15)4/h8-9,20H,7,10-11H2,1-6H3. The number of hydrogen-bond acceptors (Lipinski definition) is 3. The maximum Gasteiger partial charge on any atom is 0.177 e. The number of rotatable bonds is 6. The van der Waals surface area contributed by atoms with E-state index >= 15 is 0 Å². The summed E-state index contributed by atoms with van der Waals surface area (Å²) in [6.07, 6.45) is 0. The molecule has 0 saturated carbocycles. The SMILES string of the molecule is CCN(CC(=O)c1cc(C)c(C)cc1C)CC(C)(C)O. The van der Waals surface area contributed by atoms with Crippen LogP contribution < -0.4 is 0 Å². The van der Waals surface area contributed by atoms with E-state index in [1.807, 2.05) is 31.7 Å². The topological polar surface area (TPSA) is 40.5 Å². The summed E-state index contributed by atoms with van der Waals surface area (Å²) in [5.41, 5.74) is 3.39. The van der Waals surface area contributed by atoms with Crippen molar-refractivity contribution in [3.63, 3.8) is 0 Å². The van der Waals surface area contributed by atoms with Crippen LogP contribution in [0.4, 0.5) is 0 Å². The molecule has 0 spiro atoms. The largest absolute Gasteiger partial charge is 0.389 e. The van der Waals surface area contributed by atoms with Crippen molar-refractivity contribution in [1.29, 1.82) is 0 Å². The maximum atomic E-state index is 12.5. The first-order valence-electron chi connectivity index (χ1n) is 7.20. The van der Waals surface area contributed by atoms with Crippen LogP contribution in [0.5, 0.6) is 0 Å². The Balaban J connectivity index is 2.87. The number of likely N-dealkylation sites (N-methyl/N-ethyl adjacent to an activating group) is 1. The molecule has 0 radical (unpaired) electrons. The Morgan fingerprint density at radius 1 is 1.15 bits per heavy atom. The van der Waals surface area contributed by atoms with Crippen LogP contribution in [-0.2, 0) is 0 Å². The van der Waals surface area contributed by atoms with Crippen LogP contribution in [0.15, 0.2) is 12.1 Å². The lowest BCUT2D eigenvalue weighted by molar-refractivity contribution is 0.0376. The summed E-state index contributed by atoms with van der Waals surface area (Å²) in [4.78, 5) is 14.4. The van der Waals surface area contributed by atoms with E-state index in [2.05, 4.69) is 13.0 Å². The summed E-state index contributed by atoms with van der Waals surface area (Å²) in [5.74, 6) is 0.122. The number of carbonyl (C=O) groups is 1. The molecule has 20 heavy (non-hydrogen) atoms. The molecule has 1 aromatic carbocycles. The molecule has 112 valence electrons. The third-order valence-electron chi connectivity index (χ3n) is 3.57. The predicted octanol–water partition coefficient (Wildman–Crippen LogP) is 2.89. The van der Waals surface area contributed by atoms with Crippen molar-refractivity contribution in [3.05, 3.63) is 34.4 Å². The molecule has 3 heteroatoms. The van der Waals surface area contributed by atoms with Crippen LogP contribution in [0.2, 0.25) is 0 Å². The van der Waals surface area contributed by atoms with E-state index < -0.39 is 5.60 Å². The fraction of sp³-hybridized carbons (Fsp3) is 0.588. The Bertz CT molecular complexity index is 486. The van der Waals surface area contributed by atoms with Gasteiger partial charge < -0.3 is 5.11 Å². The van der Waals surface area contributed by atoms with Crippen LogP contribution >= 0.6 is 0 Å². The second-order valence-corrected chi connectivity index (χ2v) is 6.29. The Labute approximate surface area is 122 Å². The number of ketones is 1. The van der Waals surface area contributed by atoms with Crippen molar-refractivity contribution in [2.24, 2.45) is 0 Å². The van der Waals surface area contributed by atoms with Gasteiger partial charge in [-0.25, -0.2) is 0 Å². The van der Waals surface area contributed by atoms with Crippen molar-refractivity contribution < 1.29 is 9.90 Å². The van der Waals surface area contributed by atoms with Crippen LogP contribution in [0.3, 0.4) is 0 Å². The highest BCUT2D eigenvalue weighted by Crippen LogP contribution is 2.16. The molecule has 0 saturated heterocycles. The van der Waals surface area contributed by atoms with E-state index in [-0.39, 0.29) is 5.78 Å². The maximum absolute atomic E-state index is 12.5. The molecule has 0 aliphatic carbocycles. The second-order valence-electron chi connectivity index (χ2n) is 6.29. The minimum atomic E-state index is -0.783. The fourth-order valence-corrected chi connectivity index (χ4v) is 2.38. The third-order valence-corrected chi connectivity index (χ3v) is 3.57. The van der Waals surface area contributed by atoms with Gasteiger partial charge in [-0.05, 0) is 63.9 Å². The van der Waals surface area contributed by atoms with Gasteiger partial charge in [0.05, 0.1) is 12.1 Å². The van der Waals surface area contributed by atoms with Crippen LogP contribution in [0.1, 0.15) is 47.8 Å². The molecule has 0 aliphatic heterocycles. The van der Waals surface area contributed by atoms with Crippen molar-refractivity contribution in [2.45, 2.75) is 47.1 Å². The Morgan fingerprint density at radius 2 is 1.70 bits per heavy atom. The summed E-state index contributed by atoms with van der Waals surface area (Å²) in [5, 5.41) is 9.88. The molecule has 0 atom stereocenters. The number of aryl methyl sites for hydroxylation is 3. The average Bonchev–Trinajstić information content (AvgIpc) is 2.31. The zero-order valence-electron chi connectivity index (χ0n) is 13.6. The van der Waals surface area contributed by atoms with E-state index in [1.165, 1.54) is 5.56 Å². The summed E-state index contributed by atoms with van der Waals surface area (Å²) in [6, 6.07) is 4.04. The Hall–Kier alpha value is -1.19. The summed E-state index contributed by atoms with van der Waals surface area (Å²) in [6.45, 7) is 13.2. The van der Waals surface area contributed by atoms with Crippen LogP contribution in [0, 0.1) is 20.8 Å². The van der Waals surface area contributed by atoms with Crippen molar-refractivity contribution >= 4 is 5.78 Å². The number of nitrogens with zero attached hydrogens (tertiary/aromatic N) is 1. The van der Waals surface area contributed by atoms with Crippen molar-refractivity contribution in [2.75, 3.05) is 19.6 Å². The fourth-order valence-electron chi connectivity index (χ4n) is 2.38. The third kappa shape index (κ3) is 4.73. The van der Waals surface area contributed by atoms with Gasteiger partial charge in [0.1, 0.15) is 0 Å².